The molecule has 0 saturated heterocycles. The van der Waals surface area contributed by atoms with Crippen LogP contribution >= 0.6 is 0 Å². The molecule has 23 heavy (non-hydrogen) atoms. The van der Waals surface area contributed by atoms with Gasteiger partial charge in [0.15, 0.2) is 0 Å². The number of hydrogen-bond donors (Lipinski definition) is 1. The number of aromatic amines is 1. The van der Waals surface area contributed by atoms with Crippen LogP contribution in [0.1, 0.15) is 17.5 Å². The molecule has 3 rings (SSSR count). The Labute approximate surface area is 132 Å². The van der Waals surface area contributed by atoms with Gasteiger partial charge in [0, 0.05) is 0 Å². The summed E-state index contributed by atoms with van der Waals surface area (Å²) in [7, 11) is 0. The molecule has 6 nitrogen and oxygen atoms in total. The largest absolute Gasteiger partial charge is 0.460 e. The van der Waals surface area contributed by atoms with Gasteiger partial charge in [0.05, 0.1) is 12.3 Å². The maximum Gasteiger partial charge on any atom is 0.376 e. The lowest BCUT2D eigenvalue weighted by Crippen LogP contribution is -2.15. The minimum absolute atomic E-state index is 0.107. The summed E-state index contributed by atoms with van der Waals surface area (Å²) in [6.45, 7) is 1.91. The highest BCUT2D eigenvalue weighted by molar-refractivity contribution is 5.84. The van der Waals surface area contributed by atoms with E-state index >= 15 is 0 Å². The van der Waals surface area contributed by atoms with E-state index in [9.17, 15) is 9.59 Å². The highest BCUT2D eigenvalue weighted by Gasteiger charge is 2.15. The first-order valence-electron chi connectivity index (χ1n) is 7.21. The molecule has 0 unspecified atom stereocenters. The van der Waals surface area contributed by atoms with E-state index < -0.39 is 11.7 Å². The second-order valence-electron chi connectivity index (χ2n) is 4.82. The summed E-state index contributed by atoms with van der Waals surface area (Å²) in [6.07, 6.45) is 0. The van der Waals surface area contributed by atoms with E-state index in [4.69, 9.17) is 4.74 Å². The van der Waals surface area contributed by atoms with Gasteiger partial charge in [0.2, 0.25) is 5.82 Å². The molecule has 0 aliphatic rings. The van der Waals surface area contributed by atoms with Gasteiger partial charge in [0.25, 0.3) is 0 Å². The van der Waals surface area contributed by atoms with Crippen molar-refractivity contribution < 1.29 is 9.53 Å². The van der Waals surface area contributed by atoms with E-state index in [0.717, 1.165) is 15.8 Å². The van der Waals surface area contributed by atoms with Crippen LogP contribution in [0.15, 0.2) is 59.4 Å². The van der Waals surface area contributed by atoms with Crippen LogP contribution in [0.3, 0.4) is 0 Å². The number of H-pyrrole nitrogens is 1. The highest BCUT2D eigenvalue weighted by atomic mass is 16.5. The zero-order valence-corrected chi connectivity index (χ0v) is 12.5. The molecule has 3 aromatic rings. The van der Waals surface area contributed by atoms with Gasteiger partial charge in [-0.2, -0.15) is 4.68 Å². The van der Waals surface area contributed by atoms with Crippen molar-refractivity contribution in [2.24, 2.45) is 0 Å². The van der Waals surface area contributed by atoms with E-state index in [-0.39, 0.29) is 12.4 Å². The molecule has 0 amide bonds. The van der Waals surface area contributed by atoms with Gasteiger partial charge < -0.3 is 4.74 Å². The normalized spacial score (nSPS) is 10.5. The Morgan fingerprint density at radius 1 is 1.09 bits per heavy atom. The third-order valence-corrected chi connectivity index (χ3v) is 3.31. The summed E-state index contributed by atoms with van der Waals surface area (Å²) in [5.41, 5.74) is 2.20. The molecule has 0 bridgehead atoms. The highest BCUT2D eigenvalue weighted by Crippen LogP contribution is 2.19. The first kappa shape index (κ1) is 14.8. The number of carbonyl (C=O) groups is 1. The molecular formula is C17H15N3O3. The maximum atomic E-state index is 11.9. The van der Waals surface area contributed by atoms with Crippen molar-refractivity contribution in [1.29, 1.82) is 0 Å². The lowest BCUT2D eigenvalue weighted by atomic mass is 10.1. The molecule has 0 aliphatic carbocycles. The lowest BCUT2D eigenvalue weighted by Gasteiger charge is -2.03. The predicted molar refractivity (Wildman–Crippen MR) is 85.6 cm³/mol. The van der Waals surface area contributed by atoms with E-state index in [1.165, 1.54) is 0 Å². The van der Waals surface area contributed by atoms with Crippen LogP contribution in [0, 0.1) is 0 Å². The molecular weight excluding hydrogens is 294 g/mol. The van der Waals surface area contributed by atoms with Gasteiger partial charge in [-0.15, -0.1) is 5.10 Å². The average Bonchev–Trinajstić information content (AvgIpc) is 2.98. The van der Waals surface area contributed by atoms with E-state index in [1.807, 2.05) is 42.5 Å². The fraction of sp³-hybridized carbons (Fsp3) is 0.118. The Morgan fingerprint density at radius 3 is 2.39 bits per heavy atom. The van der Waals surface area contributed by atoms with E-state index in [1.54, 1.807) is 19.1 Å². The summed E-state index contributed by atoms with van der Waals surface area (Å²) in [4.78, 5) is 25.9. The Balaban J connectivity index is 1.91. The van der Waals surface area contributed by atoms with Crippen LogP contribution in [0.2, 0.25) is 0 Å². The van der Waals surface area contributed by atoms with Crippen molar-refractivity contribution in [2.45, 2.75) is 6.92 Å². The number of nitrogens with zero attached hydrogens (tertiary/aromatic N) is 2. The van der Waals surface area contributed by atoms with Gasteiger partial charge in [-0.1, -0.05) is 42.5 Å². The SMILES string of the molecule is CCOC(=O)c1nn(-c2ccc(-c3ccccc3)cc2)c(=O)[nH]1. The average molecular weight is 309 g/mol. The number of esters is 1. The number of aromatic nitrogens is 3. The molecule has 0 saturated carbocycles. The van der Waals surface area contributed by atoms with Crippen LogP contribution in [-0.2, 0) is 4.74 Å². The number of rotatable bonds is 4. The summed E-state index contributed by atoms with van der Waals surface area (Å²) in [5, 5.41) is 3.98. The van der Waals surface area contributed by atoms with E-state index in [0.29, 0.717) is 5.69 Å². The van der Waals surface area contributed by atoms with Crippen molar-refractivity contribution in [1.82, 2.24) is 14.8 Å². The quantitative estimate of drug-likeness (QED) is 0.751. The minimum Gasteiger partial charge on any atom is -0.460 e. The van der Waals surface area contributed by atoms with Crippen molar-refractivity contribution >= 4 is 5.97 Å². The van der Waals surface area contributed by atoms with E-state index in [2.05, 4.69) is 10.1 Å². The Kier molecular flexibility index (Phi) is 4.05. The first-order valence-corrected chi connectivity index (χ1v) is 7.21. The second kappa shape index (κ2) is 6.31. The molecule has 1 heterocycles. The van der Waals surface area contributed by atoms with Crippen molar-refractivity contribution in [3.63, 3.8) is 0 Å². The van der Waals surface area contributed by atoms with Crippen molar-refractivity contribution in [3.8, 4) is 16.8 Å². The summed E-state index contributed by atoms with van der Waals surface area (Å²) >= 11 is 0. The molecule has 6 heteroatoms. The summed E-state index contributed by atoms with van der Waals surface area (Å²) < 4.78 is 5.96. The molecule has 0 radical (unpaired) electrons. The number of carbonyl (C=O) groups excluding carboxylic acids is 1. The third-order valence-electron chi connectivity index (χ3n) is 3.31. The minimum atomic E-state index is -0.649. The van der Waals surface area contributed by atoms with Crippen LogP contribution in [0.5, 0.6) is 0 Å². The maximum absolute atomic E-state index is 11.9. The van der Waals surface area contributed by atoms with Gasteiger partial charge in [0.1, 0.15) is 0 Å². The zero-order valence-electron chi connectivity index (χ0n) is 12.5. The molecule has 116 valence electrons. The first-order chi connectivity index (χ1) is 11.2. The smallest absolute Gasteiger partial charge is 0.376 e. The Hall–Kier alpha value is -3.15. The molecule has 1 N–H and O–H groups in total. The van der Waals surface area contributed by atoms with Gasteiger partial charge >= 0.3 is 11.7 Å². The monoisotopic (exact) mass is 309 g/mol. The van der Waals surface area contributed by atoms with Gasteiger partial charge in [-0.05, 0) is 30.2 Å². The zero-order chi connectivity index (χ0) is 16.2. The number of benzene rings is 2. The molecule has 0 aliphatic heterocycles. The van der Waals surface area contributed by atoms with Gasteiger partial charge in [-0.25, -0.2) is 9.59 Å². The summed E-state index contributed by atoms with van der Waals surface area (Å²) in [5.74, 6) is -0.756. The Bertz CT molecular complexity index is 864. The van der Waals surface area contributed by atoms with Crippen LogP contribution < -0.4 is 5.69 Å². The van der Waals surface area contributed by atoms with Crippen LogP contribution in [-0.4, -0.2) is 27.3 Å². The van der Waals surface area contributed by atoms with Crippen LogP contribution in [0.25, 0.3) is 16.8 Å². The predicted octanol–water partition coefficient (Wildman–Crippen LogP) is 2.40. The number of hydrogen-bond acceptors (Lipinski definition) is 4. The van der Waals surface area contributed by atoms with Crippen molar-refractivity contribution in [2.75, 3.05) is 6.61 Å². The topological polar surface area (TPSA) is 77.0 Å². The number of nitrogens with one attached hydrogen (secondary N) is 1. The third kappa shape index (κ3) is 3.06. The molecule has 0 atom stereocenters. The second-order valence-corrected chi connectivity index (χ2v) is 4.82. The molecule has 2 aromatic carbocycles. The standard InChI is InChI=1S/C17H15N3O3/c1-2-23-16(21)15-18-17(22)20(19-15)14-10-8-13(9-11-14)12-6-4-3-5-7-12/h3-11H,2H2,1H3,(H,18,19,22). The molecule has 0 spiro atoms. The fourth-order valence-electron chi connectivity index (χ4n) is 2.22. The Morgan fingerprint density at radius 2 is 1.74 bits per heavy atom. The molecule has 0 fully saturated rings. The van der Waals surface area contributed by atoms with Gasteiger partial charge in [-0.3, -0.25) is 4.98 Å². The molecule has 1 aromatic heterocycles. The number of ether oxygens (including phenoxy) is 1. The van der Waals surface area contributed by atoms with Crippen molar-refractivity contribution in [3.05, 3.63) is 70.9 Å². The fourth-order valence-corrected chi connectivity index (χ4v) is 2.22. The summed E-state index contributed by atoms with van der Waals surface area (Å²) in [6, 6.07) is 17.3. The lowest BCUT2D eigenvalue weighted by molar-refractivity contribution is 0.0512. The van der Waals surface area contributed by atoms with Crippen LogP contribution in [0.4, 0.5) is 0 Å².